The summed E-state index contributed by atoms with van der Waals surface area (Å²) in [5, 5.41) is 2.27. The van der Waals surface area contributed by atoms with E-state index in [-0.39, 0.29) is 26.5 Å². The molecular formula is C18H12F2N2O5S2. The van der Waals surface area contributed by atoms with Crippen molar-refractivity contribution in [2.45, 2.75) is 18.1 Å². The Hall–Kier alpha value is -2.92. The number of alkyl halides is 2. The van der Waals surface area contributed by atoms with Gasteiger partial charge in [-0.05, 0) is 54.6 Å². The minimum Gasteiger partial charge on any atom is -0.395 e. The fourth-order valence-electron chi connectivity index (χ4n) is 2.55. The summed E-state index contributed by atoms with van der Waals surface area (Å²) in [5.41, 5.74) is 1.29. The Morgan fingerprint density at radius 3 is 2.52 bits per heavy atom. The first kappa shape index (κ1) is 19.4. The maximum Gasteiger partial charge on any atom is 0.586 e. The molecule has 0 bridgehead atoms. The second-order valence-electron chi connectivity index (χ2n) is 6.12. The quantitative estimate of drug-likeness (QED) is 0.740. The molecule has 1 N–H and O–H groups in total. The number of thioether (sulfide) groups is 1. The van der Waals surface area contributed by atoms with Crippen LogP contribution in [0, 0.1) is 6.92 Å². The summed E-state index contributed by atoms with van der Waals surface area (Å²) in [6, 6.07) is 10.2. The average Bonchev–Trinajstić information content (AvgIpc) is 3.11. The van der Waals surface area contributed by atoms with E-state index in [1.165, 1.54) is 36.4 Å². The number of hydrogen-bond donors (Lipinski definition) is 1. The molecule has 1 saturated heterocycles. The first-order valence-electron chi connectivity index (χ1n) is 8.14. The Kier molecular flexibility index (Phi) is 4.58. The smallest absolute Gasteiger partial charge is 0.395 e. The van der Waals surface area contributed by atoms with Crippen LogP contribution in [0.5, 0.6) is 11.5 Å². The highest BCUT2D eigenvalue weighted by Gasteiger charge is 2.43. The van der Waals surface area contributed by atoms with E-state index in [9.17, 15) is 22.0 Å². The Labute approximate surface area is 168 Å². The number of nitrogens with one attached hydrogen (secondary N) is 1. The zero-order chi connectivity index (χ0) is 20.8. The summed E-state index contributed by atoms with van der Waals surface area (Å²) >= 11 is 0.822. The number of benzene rings is 2. The number of carbonyl (C=O) groups excluding carboxylic acids is 1. The second kappa shape index (κ2) is 6.85. The molecule has 0 spiro atoms. The van der Waals surface area contributed by atoms with Crippen molar-refractivity contribution >= 4 is 38.9 Å². The predicted octanol–water partition coefficient (Wildman–Crippen LogP) is 3.27. The number of rotatable bonds is 3. The van der Waals surface area contributed by atoms with Crippen molar-refractivity contribution in [2.75, 3.05) is 0 Å². The molecule has 150 valence electrons. The maximum absolute atomic E-state index is 13.1. The van der Waals surface area contributed by atoms with E-state index < -0.39 is 22.2 Å². The van der Waals surface area contributed by atoms with E-state index in [0.717, 1.165) is 17.3 Å². The van der Waals surface area contributed by atoms with Gasteiger partial charge in [0.15, 0.2) is 16.7 Å². The summed E-state index contributed by atoms with van der Waals surface area (Å²) in [7, 11) is -4.00. The van der Waals surface area contributed by atoms with Gasteiger partial charge in [0.25, 0.3) is 15.9 Å². The SMILES string of the molecule is Cc1ccc(S(=O)(=O)/N=C2\NC(=O)/C(=C/c3ccc4c(c3)OC(F)(F)O4)S2)cc1. The third-order valence-corrected chi connectivity index (χ3v) is 6.21. The van der Waals surface area contributed by atoms with Crippen molar-refractivity contribution in [1.29, 1.82) is 0 Å². The molecule has 29 heavy (non-hydrogen) atoms. The van der Waals surface area contributed by atoms with E-state index in [0.29, 0.717) is 5.56 Å². The van der Waals surface area contributed by atoms with Crippen LogP contribution in [0.2, 0.25) is 0 Å². The molecule has 2 aliphatic rings. The number of nitrogens with zero attached hydrogens (tertiary/aromatic N) is 1. The average molecular weight is 438 g/mol. The van der Waals surface area contributed by atoms with Crippen LogP contribution in [0.3, 0.4) is 0 Å². The number of halogens is 2. The van der Waals surface area contributed by atoms with Crippen molar-refractivity contribution in [2.24, 2.45) is 4.40 Å². The molecule has 0 aromatic heterocycles. The van der Waals surface area contributed by atoms with Gasteiger partial charge in [-0.2, -0.15) is 8.42 Å². The molecule has 0 saturated carbocycles. The van der Waals surface area contributed by atoms with E-state index in [1.54, 1.807) is 12.1 Å². The molecule has 2 aliphatic heterocycles. The number of fused-ring (bicyclic) bond motifs is 1. The first-order valence-corrected chi connectivity index (χ1v) is 10.4. The van der Waals surface area contributed by atoms with Gasteiger partial charge in [0, 0.05) is 0 Å². The normalized spacial score (nSPS) is 20.3. The topological polar surface area (TPSA) is 94.1 Å². The molecule has 0 atom stereocenters. The van der Waals surface area contributed by atoms with Crippen LogP contribution < -0.4 is 14.8 Å². The number of carbonyl (C=O) groups is 1. The van der Waals surface area contributed by atoms with Crippen LogP contribution in [0.15, 0.2) is 56.7 Å². The van der Waals surface area contributed by atoms with Crippen molar-refractivity contribution in [3.63, 3.8) is 0 Å². The molecular weight excluding hydrogens is 426 g/mol. The fraction of sp³-hybridized carbons (Fsp3) is 0.111. The molecule has 4 rings (SSSR count). The van der Waals surface area contributed by atoms with E-state index >= 15 is 0 Å². The highest BCUT2D eigenvalue weighted by molar-refractivity contribution is 8.19. The van der Waals surface area contributed by atoms with E-state index in [2.05, 4.69) is 19.2 Å². The molecule has 1 fully saturated rings. The number of amidine groups is 1. The fourth-order valence-corrected chi connectivity index (χ4v) is 4.53. The van der Waals surface area contributed by atoms with Crippen LogP contribution in [0.1, 0.15) is 11.1 Å². The van der Waals surface area contributed by atoms with Gasteiger partial charge >= 0.3 is 6.29 Å². The van der Waals surface area contributed by atoms with Crippen molar-refractivity contribution < 1.29 is 31.5 Å². The number of hydrogen-bond acceptors (Lipinski definition) is 6. The van der Waals surface area contributed by atoms with Gasteiger partial charge in [0.2, 0.25) is 0 Å². The van der Waals surface area contributed by atoms with Gasteiger partial charge < -0.3 is 9.47 Å². The Morgan fingerprint density at radius 2 is 1.79 bits per heavy atom. The van der Waals surface area contributed by atoms with Crippen molar-refractivity contribution in [3.05, 3.63) is 58.5 Å². The van der Waals surface area contributed by atoms with Crippen molar-refractivity contribution in [3.8, 4) is 11.5 Å². The van der Waals surface area contributed by atoms with Gasteiger partial charge in [-0.25, -0.2) is 0 Å². The molecule has 2 heterocycles. The monoisotopic (exact) mass is 438 g/mol. The zero-order valence-electron chi connectivity index (χ0n) is 14.7. The maximum atomic E-state index is 13.1. The summed E-state index contributed by atoms with van der Waals surface area (Å²) in [5.74, 6) is -0.841. The molecule has 2 aromatic carbocycles. The number of sulfonamides is 1. The lowest BCUT2D eigenvalue weighted by molar-refractivity contribution is -0.286. The predicted molar refractivity (Wildman–Crippen MR) is 102 cm³/mol. The molecule has 11 heteroatoms. The lowest BCUT2D eigenvalue weighted by Crippen LogP contribution is -2.25. The summed E-state index contributed by atoms with van der Waals surface area (Å²) in [6.45, 7) is 1.82. The Bertz CT molecular complexity index is 1180. The molecule has 0 radical (unpaired) electrons. The van der Waals surface area contributed by atoms with Crippen LogP contribution in [0.25, 0.3) is 6.08 Å². The molecule has 7 nitrogen and oxygen atoms in total. The number of amides is 1. The molecule has 1 amide bonds. The third kappa shape index (κ3) is 4.10. The van der Waals surface area contributed by atoms with Gasteiger partial charge in [0.1, 0.15) is 0 Å². The van der Waals surface area contributed by atoms with E-state index in [1.807, 2.05) is 6.92 Å². The number of ether oxygens (including phenoxy) is 2. The third-order valence-electron chi connectivity index (χ3n) is 3.90. The lowest BCUT2D eigenvalue weighted by atomic mass is 10.2. The highest BCUT2D eigenvalue weighted by Crippen LogP contribution is 2.41. The lowest BCUT2D eigenvalue weighted by Gasteiger charge is -2.04. The molecule has 2 aromatic rings. The van der Waals surface area contributed by atoms with Crippen LogP contribution >= 0.6 is 11.8 Å². The molecule has 0 aliphatic carbocycles. The minimum atomic E-state index is -4.00. The van der Waals surface area contributed by atoms with Gasteiger partial charge in [-0.1, -0.05) is 23.8 Å². The van der Waals surface area contributed by atoms with Gasteiger partial charge in [-0.3, -0.25) is 10.1 Å². The standard InChI is InChI=1S/C18H12F2N2O5S2/c1-10-2-5-12(6-3-10)29(24,25)22-17-21-16(23)15(28-17)9-11-4-7-13-14(8-11)27-18(19,20)26-13/h2-9H,1H3,(H,21,22,23)/b15-9-. The zero-order valence-corrected chi connectivity index (χ0v) is 16.3. The van der Waals surface area contributed by atoms with Crippen LogP contribution in [0.4, 0.5) is 8.78 Å². The Balaban J connectivity index is 1.57. The Morgan fingerprint density at radius 1 is 1.10 bits per heavy atom. The first-order chi connectivity index (χ1) is 13.6. The minimum absolute atomic E-state index is 0.000391. The number of aryl methyl sites for hydroxylation is 1. The van der Waals surface area contributed by atoms with Crippen LogP contribution in [-0.2, 0) is 14.8 Å². The summed E-state index contributed by atoms with van der Waals surface area (Å²) in [6.07, 6.45) is -2.33. The van der Waals surface area contributed by atoms with Gasteiger partial charge in [-0.15, -0.1) is 13.2 Å². The van der Waals surface area contributed by atoms with Crippen molar-refractivity contribution in [1.82, 2.24) is 5.32 Å². The second-order valence-corrected chi connectivity index (χ2v) is 8.76. The summed E-state index contributed by atoms with van der Waals surface area (Å²) < 4.78 is 63.3. The largest absolute Gasteiger partial charge is 0.586 e. The highest BCUT2D eigenvalue weighted by atomic mass is 32.2. The molecule has 0 unspecified atom stereocenters. The summed E-state index contributed by atoms with van der Waals surface area (Å²) in [4.78, 5) is 12.3. The van der Waals surface area contributed by atoms with Crippen LogP contribution in [-0.4, -0.2) is 25.8 Å². The van der Waals surface area contributed by atoms with Gasteiger partial charge in [0.05, 0.1) is 9.80 Å². The van der Waals surface area contributed by atoms with E-state index in [4.69, 9.17) is 0 Å².